The highest BCUT2D eigenvalue weighted by atomic mass is 33.1. The molecule has 0 aliphatic heterocycles. The highest BCUT2D eigenvalue weighted by molar-refractivity contribution is 8.68. The molecule has 0 saturated heterocycles. The quantitative estimate of drug-likeness (QED) is 0.270. The third-order valence-corrected chi connectivity index (χ3v) is 2.01. The first kappa shape index (κ1) is 8.73. The fourth-order valence-corrected chi connectivity index (χ4v) is 0.570. The molecule has 0 saturated carbocycles. The summed E-state index contributed by atoms with van der Waals surface area (Å²) in [5.74, 6) is 1.53. The van der Waals surface area contributed by atoms with Gasteiger partial charge in [-0.1, -0.05) is 10.8 Å². The molecular weight excluding hydrogens is 154 g/mol. The molecule has 0 aliphatic carbocycles. The molecule has 0 aromatic carbocycles. The number of hydrogen-bond acceptors (Lipinski definition) is 3. The van der Waals surface area contributed by atoms with Crippen molar-refractivity contribution in [3.8, 4) is 12.3 Å². The summed E-state index contributed by atoms with van der Waals surface area (Å²) in [7, 11) is 1.24. The summed E-state index contributed by atoms with van der Waals surface area (Å²) < 4.78 is 0. The van der Waals surface area contributed by atoms with E-state index >= 15 is 0 Å². The Labute approximate surface area is 63.6 Å². The van der Waals surface area contributed by atoms with Gasteiger partial charge in [-0.3, -0.25) is 4.79 Å². The van der Waals surface area contributed by atoms with Crippen molar-refractivity contribution in [1.29, 1.82) is 0 Å². The van der Waals surface area contributed by atoms with Crippen LogP contribution in [0.5, 0.6) is 0 Å². The van der Waals surface area contributed by atoms with Crippen LogP contribution in [0.3, 0.4) is 0 Å². The van der Waals surface area contributed by atoms with Gasteiger partial charge in [0, 0.05) is 0 Å². The second-order valence-corrected chi connectivity index (χ2v) is 2.92. The molecule has 1 unspecified atom stereocenters. The Morgan fingerprint density at radius 3 is 2.89 bits per heavy atom. The van der Waals surface area contributed by atoms with Gasteiger partial charge >= 0.3 is 0 Å². The van der Waals surface area contributed by atoms with E-state index in [0.29, 0.717) is 0 Å². The van der Waals surface area contributed by atoms with Crippen LogP contribution in [0.25, 0.3) is 0 Å². The second-order valence-electron chi connectivity index (χ2n) is 1.37. The normalized spacial score (nSPS) is 11.7. The Hall–Kier alpha value is -0.270. The summed E-state index contributed by atoms with van der Waals surface area (Å²) in [4.78, 5) is 10.4. The van der Waals surface area contributed by atoms with Gasteiger partial charge in [-0.15, -0.1) is 18.1 Å². The Morgan fingerprint density at radius 2 is 2.56 bits per heavy atom. The van der Waals surface area contributed by atoms with Crippen molar-refractivity contribution in [2.45, 2.75) is 12.3 Å². The molecule has 50 valence electrons. The number of carbonyl (C=O) groups excluding carboxylic acids is 1. The van der Waals surface area contributed by atoms with E-state index in [2.05, 4.69) is 17.0 Å². The minimum absolute atomic E-state index is 0.0307. The summed E-state index contributed by atoms with van der Waals surface area (Å²) >= 11 is 3.86. The Bertz CT molecular complexity index is 140. The van der Waals surface area contributed by atoms with Crippen molar-refractivity contribution in [2.24, 2.45) is 0 Å². The SMILES string of the molecule is C#CC(=O)NC(C)SS. The molecule has 1 amide bonds. The molecule has 0 radical (unpaired) electrons. The minimum atomic E-state index is -0.399. The highest BCUT2D eigenvalue weighted by Crippen LogP contribution is 2.10. The van der Waals surface area contributed by atoms with Crippen LogP contribution in [0.15, 0.2) is 0 Å². The number of amides is 1. The Balaban J connectivity index is 3.50. The van der Waals surface area contributed by atoms with Crippen molar-refractivity contribution in [3.63, 3.8) is 0 Å². The van der Waals surface area contributed by atoms with Crippen LogP contribution in [0, 0.1) is 12.3 Å². The number of carbonyl (C=O) groups is 1. The molecule has 0 aromatic rings. The zero-order valence-corrected chi connectivity index (χ0v) is 6.63. The monoisotopic (exact) mass is 161 g/mol. The topological polar surface area (TPSA) is 29.1 Å². The molecular formula is C5H7NOS2. The van der Waals surface area contributed by atoms with Crippen LogP contribution in [0.4, 0.5) is 0 Å². The fourth-order valence-electron chi connectivity index (χ4n) is 0.253. The zero-order valence-electron chi connectivity index (χ0n) is 4.92. The average Bonchev–Trinajstić information content (AvgIpc) is 1.87. The van der Waals surface area contributed by atoms with E-state index in [1.54, 1.807) is 6.92 Å². The summed E-state index contributed by atoms with van der Waals surface area (Å²) in [5.41, 5.74) is 0. The van der Waals surface area contributed by atoms with Crippen LogP contribution in [-0.2, 0) is 4.79 Å². The number of rotatable bonds is 2. The lowest BCUT2D eigenvalue weighted by Gasteiger charge is -2.04. The molecule has 0 bridgehead atoms. The standard InChI is InChI=1S/C5H7NOS2/c1-3-5(7)6-4(2)9-8/h1,4,8H,2H3,(H,6,7). The van der Waals surface area contributed by atoms with Crippen LogP contribution in [0.1, 0.15) is 6.92 Å². The van der Waals surface area contributed by atoms with E-state index in [-0.39, 0.29) is 5.37 Å². The predicted octanol–water partition coefficient (Wildman–Crippen LogP) is 0.660. The van der Waals surface area contributed by atoms with Gasteiger partial charge in [0.15, 0.2) is 0 Å². The largest absolute Gasteiger partial charge is 0.333 e. The van der Waals surface area contributed by atoms with E-state index in [1.807, 2.05) is 5.92 Å². The van der Waals surface area contributed by atoms with Gasteiger partial charge in [0.25, 0.3) is 5.91 Å². The van der Waals surface area contributed by atoms with E-state index in [1.165, 1.54) is 10.8 Å². The lowest BCUT2D eigenvalue weighted by molar-refractivity contribution is -0.115. The van der Waals surface area contributed by atoms with Crippen LogP contribution >= 0.6 is 22.5 Å². The first-order valence-electron chi connectivity index (χ1n) is 2.28. The van der Waals surface area contributed by atoms with Gasteiger partial charge in [-0.2, -0.15) is 0 Å². The van der Waals surface area contributed by atoms with Crippen molar-refractivity contribution in [1.82, 2.24) is 5.32 Å². The number of terminal acetylenes is 1. The maximum absolute atomic E-state index is 10.4. The minimum Gasteiger partial charge on any atom is -0.333 e. The third-order valence-electron chi connectivity index (χ3n) is 0.624. The number of thiol groups is 1. The van der Waals surface area contributed by atoms with Gasteiger partial charge in [0.1, 0.15) is 0 Å². The van der Waals surface area contributed by atoms with Gasteiger partial charge in [0.2, 0.25) is 0 Å². The van der Waals surface area contributed by atoms with Gasteiger partial charge in [-0.25, -0.2) is 0 Å². The van der Waals surface area contributed by atoms with E-state index in [9.17, 15) is 4.79 Å². The van der Waals surface area contributed by atoms with E-state index in [0.717, 1.165) is 0 Å². The summed E-state index contributed by atoms with van der Waals surface area (Å²) in [6.07, 6.45) is 4.78. The van der Waals surface area contributed by atoms with Crippen molar-refractivity contribution in [2.75, 3.05) is 0 Å². The number of nitrogens with one attached hydrogen (secondary N) is 1. The molecule has 9 heavy (non-hydrogen) atoms. The molecule has 0 fully saturated rings. The zero-order chi connectivity index (χ0) is 7.28. The Morgan fingerprint density at radius 1 is 2.00 bits per heavy atom. The van der Waals surface area contributed by atoms with Crippen molar-refractivity contribution in [3.05, 3.63) is 0 Å². The molecule has 1 atom stereocenters. The second kappa shape index (κ2) is 4.59. The summed E-state index contributed by atoms with van der Waals surface area (Å²) in [6, 6.07) is 0. The smallest absolute Gasteiger partial charge is 0.296 e. The third kappa shape index (κ3) is 4.25. The first-order chi connectivity index (χ1) is 4.20. The Kier molecular flexibility index (Phi) is 4.46. The van der Waals surface area contributed by atoms with Crippen molar-refractivity contribution < 1.29 is 4.79 Å². The molecule has 1 N–H and O–H groups in total. The van der Waals surface area contributed by atoms with Gasteiger partial charge in [-0.05, 0) is 12.8 Å². The van der Waals surface area contributed by atoms with E-state index < -0.39 is 5.91 Å². The average molecular weight is 161 g/mol. The molecule has 0 heterocycles. The molecule has 2 nitrogen and oxygen atoms in total. The predicted molar refractivity (Wildman–Crippen MR) is 43.0 cm³/mol. The lowest BCUT2D eigenvalue weighted by Crippen LogP contribution is -2.27. The highest BCUT2D eigenvalue weighted by Gasteiger charge is 2.00. The molecule has 0 rings (SSSR count). The van der Waals surface area contributed by atoms with Crippen LogP contribution in [0.2, 0.25) is 0 Å². The van der Waals surface area contributed by atoms with Gasteiger partial charge in [0.05, 0.1) is 5.37 Å². The van der Waals surface area contributed by atoms with Crippen molar-refractivity contribution >= 4 is 28.4 Å². The molecule has 0 spiro atoms. The molecule has 4 heteroatoms. The lowest BCUT2D eigenvalue weighted by atomic mass is 10.6. The maximum Gasteiger partial charge on any atom is 0.296 e. The maximum atomic E-state index is 10.4. The van der Waals surface area contributed by atoms with Gasteiger partial charge < -0.3 is 5.32 Å². The summed E-state index contributed by atoms with van der Waals surface area (Å²) in [5, 5.41) is 2.46. The van der Waals surface area contributed by atoms with E-state index in [4.69, 9.17) is 6.42 Å². The summed E-state index contributed by atoms with van der Waals surface area (Å²) in [6.45, 7) is 1.80. The molecule has 0 aromatic heterocycles. The number of hydrogen-bond donors (Lipinski definition) is 2. The van der Waals surface area contributed by atoms with Crippen LogP contribution < -0.4 is 5.32 Å². The first-order valence-corrected chi connectivity index (χ1v) is 4.21. The fraction of sp³-hybridized carbons (Fsp3) is 0.400. The van der Waals surface area contributed by atoms with Crippen LogP contribution in [-0.4, -0.2) is 11.3 Å². The molecule has 0 aliphatic rings.